The third-order valence-electron chi connectivity index (χ3n) is 4.34. The summed E-state index contributed by atoms with van der Waals surface area (Å²) in [5.41, 5.74) is 2.42. The van der Waals surface area contributed by atoms with Gasteiger partial charge in [0.2, 0.25) is 5.95 Å². The normalized spacial score (nSPS) is 14.9. The molecule has 116 valence electrons. The van der Waals surface area contributed by atoms with Gasteiger partial charge in [0, 0.05) is 11.4 Å². The molecule has 6 heteroatoms. The van der Waals surface area contributed by atoms with Crippen LogP contribution >= 0.6 is 11.3 Å². The lowest BCUT2D eigenvalue weighted by Gasteiger charge is -2.11. The predicted molar refractivity (Wildman–Crippen MR) is 90.8 cm³/mol. The monoisotopic (exact) mass is 315 g/mol. The Morgan fingerprint density at radius 1 is 1.32 bits per heavy atom. The van der Waals surface area contributed by atoms with Crippen molar-refractivity contribution in [3.05, 3.63) is 16.8 Å². The first-order chi connectivity index (χ1) is 10.7. The Bertz CT molecular complexity index is 817. The van der Waals surface area contributed by atoms with Crippen molar-refractivity contribution in [1.29, 1.82) is 0 Å². The molecule has 0 bridgehead atoms. The molecule has 0 fully saturated rings. The highest BCUT2D eigenvalue weighted by Gasteiger charge is 2.21. The standard InChI is InChI=1S/C16H21N5S/c1-10(2)7-8-17-16-20-15-13(14-18-9-19-21(14)16)11-5-3-4-6-12(11)22-15/h9-10H,3-8H2,1-2H3,(H,17,20). The Kier molecular flexibility index (Phi) is 3.48. The van der Waals surface area contributed by atoms with Gasteiger partial charge in [-0.15, -0.1) is 11.3 Å². The first-order valence-electron chi connectivity index (χ1n) is 8.12. The number of nitrogens with one attached hydrogen (secondary N) is 1. The molecular weight excluding hydrogens is 294 g/mol. The fourth-order valence-corrected chi connectivity index (χ4v) is 4.41. The van der Waals surface area contributed by atoms with E-state index < -0.39 is 0 Å². The number of aromatic nitrogens is 4. The molecule has 3 aromatic rings. The van der Waals surface area contributed by atoms with E-state index in [1.165, 1.54) is 35.1 Å². The van der Waals surface area contributed by atoms with Crippen molar-refractivity contribution >= 4 is 33.1 Å². The van der Waals surface area contributed by atoms with E-state index in [9.17, 15) is 0 Å². The lowest BCUT2D eigenvalue weighted by molar-refractivity contribution is 0.605. The summed E-state index contributed by atoms with van der Waals surface area (Å²) in [6.07, 6.45) is 7.66. The number of hydrogen-bond acceptors (Lipinski definition) is 5. The van der Waals surface area contributed by atoms with Crippen LogP contribution in [0, 0.1) is 5.92 Å². The van der Waals surface area contributed by atoms with Gasteiger partial charge in [0.15, 0.2) is 5.65 Å². The SMILES string of the molecule is CC(C)CCNc1nc2sc3c(c2c2ncnn12)CCCC3. The number of hydrogen-bond donors (Lipinski definition) is 1. The second kappa shape index (κ2) is 5.50. The molecule has 0 atom stereocenters. The molecule has 0 saturated carbocycles. The van der Waals surface area contributed by atoms with Gasteiger partial charge >= 0.3 is 0 Å². The highest BCUT2D eigenvalue weighted by molar-refractivity contribution is 7.19. The van der Waals surface area contributed by atoms with E-state index in [4.69, 9.17) is 4.98 Å². The third-order valence-corrected chi connectivity index (χ3v) is 5.52. The minimum Gasteiger partial charge on any atom is -0.354 e. The van der Waals surface area contributed by atoms with Crippen molar-refractivity contribution in [3.8, 4) is 0 Å². The number of anilines is 1. The maximum atomic E-state index is 4.85. The van der Waals surface area contributed by atoms with Gasteiger partial charge in [-0.25, -0.2) is 9.97 Å². The summed E-state index contributed by atoms with van der Waals surface area (Å²) in [4.78, 5) is 12.0. The van der Waals surface area contributed by atoms with Crippen molar-refractivity contribution in [2.75, 3.05) is 11.9 Å². The van der Waals surface area contributed by atoms with Crippen LogP contribution in [0.5, 0.6) is 0 Å². The molecule has 1 N–H and O–H groups in total. The quantitative estimate of drug-likeness (QED) is 0.798. The van der Waals surface area contributed by atoms with Crippen LogP contribution in [0.4, 0.5) is 5.95 Å². The topological polar surface area (TPSA) is 55.1 Å². The molecule has 0 amide bonds. The second-order valence-electron chi connectivity index (χ2n) is 6.43. The number of fused-ring (bicyclic) bond motifs is 5. The van der Waals surface area contributed by atoms with Gasteiger partial charge in [-0.3, -0.25) is 0 Å². The summed E-state index contributed by atoms with van der Waals surface area (Å²) in [6, 6.07) is 0. The Hall–Kier alpha value is -1.69. The van der Waals surface area contributed by atoms with Gasteiger partial charge in [-0.1, -0.05) is 13.8 Å². The Morgan fingerprint density at radius 2 is 2.18 bits per heavy atom. The molecule has 22 heavy (non-hydrogen) atoms. The van der Waals surface area contributed by atoms with E-state index in [0.717, 1.165) is 35.8 Å². The minimum absolute atomic E-state index is 0.677. The number of thiophene rings is 1. The van der Waals surface area contributed by atoms with Crippen molar-refractivity contribution in [2.45, 2.75) is 46.0 Å². The zero-order valence-electron chi connectivity index (χ0n) is 13.1. The smallest absolute Gasteiger partial charge is 0.227 e. The van der Waals surface area contributed by atoms with E-state index in [1.54, 1.807) is 6.33 Å². The number of nitrogens with zero attached hydrogens (tertiary/aromatic N) is 4. The summed E-state index contributed by atoms with van der Waals surface area (Å²) in [7, 11) is 0. The summed E-state index contributed by atoms with van der Waals surface area (Å²) in [5, 5.41) is 9.04. The summed E-state index contributed by atoms with van der Waals surface area (Å²) in [5.74, 6) is 1.50. The highest BCUT2D eigenvalue weighted by Crippen LogP contribution is 2.37. The fraction of sp³-hybridized carbons (Fsp3) is 0.562. The number of rotatable bonds is 4. The molecule has 3 heterocycles. The molecule has 4 rings (SSSR count). The van der Waals surface area contributed by atoms with Crippen LogP contribution in [0.25, 0.3) is 15.9 Å². The summed E-state index contributed by atoms with van der Waals surface area (Å²) >= 11 is 1.84. The molecule has 3 aromatic heterocycles. The fourth-order valence-electron chi connectivity index (χ4n) is 3.16. The van der Waals surface area contributed by atoms with Gasteiger partial charge in [-0.05, 0) is 43.6 Å². The lowest BCUT2D eigenvalue weighted by atomic mass is 9.97. The second-order valence-corrected chi connectivity index (χ2v) is 7.51. The van der Waals surface area contributed by atoms with Gasteiger partial charge in [-0.2, -0.15) is 9.61 Å². The van der Waals surface area contributed by atoms with Gasteiger partial charge in [0.1, 0.15) is 11.2 Å². The van der Waals surface area contributed by atoms with E-state index in [0.29, 0.717) is 5.92 Å². The van der Waals surface area contributed by atoms with E-state index in [-0.39, 0.29) is 0 Å². The Balaban J connectivity index is 1.82. The Morgan fingerprint density at radius 3 is 3.05 bits per heavy atom. The molecule has 0 saturated heterocycles. The van der Waals surface area contributed by atoms with E-state index >= 15 is 0 Å². The Labute approximate surface area is 133 Å². The maximum absolute atomic E-state index is 4.85. The van der Waals surface area contributed by atoms with Crippen molar-refractivity contribution in [3.63, 3.8) is 0 Å². The van der Waals surface area contributed by atoms with Crippen molar-refractivity contribution in [2.24, 2.45) is 5.92 Å². The maximum Gasteiger partial charge on any atom is 0.227 e. The molecular formula is C16H21N5S. The highest BCUT2D eigenvalue weighted by atomic mass is 32.1. The third kappa shape index (κ3) is 2.26. The van der Waals surface area contributed by atoms with Crippen molar-refractivity contribution in [1.82, 2.24) is 19.6 Å². The molecule has 1 aliphatic rings. The van der Waals surface area contributed by atoms with Crippen LogP contribution in [-0.4, -0.2) is 26.1 Å². The molecule has 0 radical (unpaired) electrons. The van der Waals surface area contributed by atoms with Crippen LogP contribution in [0.15, 0.2) is 6.33 Å². The molecule has 5 nitrogen and oxygen atoms in total. The number of aryl methyl sites for hydroxylation is 2. The van der Waals surface area contributed by atoms with Crippen LogP contribution in [0.2, 0.25) is 0 Å². The molecule has 0 aromatic carbocycles. The van der Waals surface area contributed by atoms with E-state index in [2.05, 4.69) is 29.2 Å². The van der Waals surface area contributed by atoms with Gasteiger partial charge in [0.25, 0.3) is 0 Å². The van der Waals surface area contributed by atoms with Crippen LogP contribution < -0.4 is 5.32 Å². The van der Waals surface area contributed by atoms with Gasteiger partial charge < -0.3 is 5.32 Å². The minimum atomic E-state index is 0.677. The average molecular weight is 315 g/mol. The zero-order valence-corrected chi connectivity index (χ0v) is 13.9. The predicted octanol–water partition coefficient (Wildman–Crippen LogP) is 3.68. The molecule has 0 unspecified atom stereocenters. The summed E-state index contributed by atoms with van der Waals surface area (Å²) in [6.45, 7) is 5.38. The first kappa shape index (κ1) is 13.9. The van der Waals surface area contributed by atoms with Crippen LogP contribution in [0.1, 0.15) is 43.6 Å². The average Bonchev–Trinajstić information content (AvgIpc) is 3.10. The van der Waals surface area contributed by atoms with E-state index in [1.807, 2.05) is 15.9 Å². The zero-order chi connectivity index (χ0) is 15.1. The first-order valence-corrected chi connectivity index (χ1v) is 8.93. The van der Waals surface area contributed by atoms with Crippen LogP contribution in [0.3, 0.4) is 0 Å². The lowest BCUT2D eigenvalue weighted by Crippen LogP contribution is -2.10. The molecule has 1 aliphatic carbocycles. The summed E-state index contributed by atoms with van der Waals surface area (Å²) < 4.78 is 1.87. The largest absolute Gasteiger partial charge is 0.354 e. The van der Waals surface area contributed by atoms with Crippen molar-refractivity contribution < 1.29 is 0 Å². The van der Waals surface area contributed by atoms with Crippen LogP contribution in [-0.2, 0) is 12.8 Å². The molecule has 0 spiro atoms. The molecule has 0 aliphatic heterocycles. The van der Waals surface area contributed by atoms with Gasteiger partial charge in [0.05, 0.1) is 5.39 Å².